The maximum absolute atomic E-state index is 14.1. The van der Waals surface area contributed by atoms with Crippen molar-refractivity contribution in [3.63, 3.8) is 0 Å². The number of aromatic hydroxyl groups is 1. The molecule has 3 aromatic heterocycles. The van der Waals surface area contributed by atoms with Crippen LogP contribution in [0, 0.1) is 12.8 Å². The van der Waals surface area contributed by atoms with E-state index >= 15 is 0 Å². The van der Waals surface area contributed by atoms with Crippen molar-refractivity contribution in [1.82, 2.24) is 35.5 Å². The Morgan fingerprint density at radius 2 is 1.69 bits per heavy atom. The van der Waals surface area contributed by atoms with E-state index in [-0.39, 0.29) is 55.0 Å². The molecule has 0 radical (unpaired) electrons. The first-order valence-electron chi connectivity index (χ1n) is 22.4. The summed E-state index contributed by atoms with van der Waals surface area (Å²) in [4.78, 5) is 39.3. The number of carbonyl (C=O) groups is 2. The molecule has 7 rings (SSSR count). The topological polar surface area (TPSA) is 215 Å². The summed E-state index contributed by atoms with van der Waals surface area (Å²) in [5.74, 6) is -0.460. The average molecular weight is 912 g/mol. The minimum absolute atomic E-state index is 0.0439. The first-order valence-corrected chi connectivity index (χ1v) is 23.3. The van der Waals surface area contributed by atoms with E-state index in [1.165, 1.54) is 4.90 Å². The molecule has 2 fully saturated rings. The summed E-state index contributed by atoms with van der Waals surface area (Å²) in [5, 5.41) is 36.4. The highest BCUT2D eigenvalue weighted by Gasteiger charge is 2.43. The summed E-state index contributed by atoms with van der Waals surface area (Å²) in [6.45, 7) is 14.3. The van der Waals surface area contributed by atoms with Crippen molar-refractivity contribution < 1.29 is 38.5 Å². The number of nitrogens with one attached hydrogen (secondary N) is 1. The van der Waals surface area contributed by atoms with Crippen LogP contribution in [0.5, 0.6) is 11.6 Å². The van der Waals surface area contributed by atoms with Crippen LogP contribution >= 0.6 is 11.3 Å². The van der Waals surface area contributed by atoms with E-state index in [0.717, 1.165) is 73.0 Å². The number of anilines is 2. The number of phenols is 1. The number of piperazine rings is 1. The summed E-state index contributed by atoms with van der Waals surface area (Å²) in [6.07, 6.45) is 1.28. The molecule has 5 N–H and O–H groups in total. The lowest BCUT2D eigenvalue weighted by molar-refractivity contribution is -0.141. The highest BCUT2D eigenvalue weighted by Crippen LogP contribution is 2.34. The highest BCUT2D eigenvalue weighted by molar-refractivity contribution is 7.13. The number of carbonyl (C=O) groups excluding carboxylic acids is 2. The third-order valence-corrected chi connectivity index (χ3v) is 12.9. The molecule has 2 amide bonds. The van der Waals surface area contributed by atoms with Crippen LogP contribution < -0.4 is 20.7 Å². The zero-order valence-corrected chi connectivity index (χ0v) is 38.4. The van der Waals surface area contributed by atoms with E-state index in [0.29, 0.717) is 49.3 Å². The van der Waals surface area contributed by atoms with Crippen molar-refractivity contribution in [2.75, 3.05) is 82.9 Å². The van der Waals surface area contributed by atoms with Gasteiger partial charge in [0, 0.05) is 57.4 Å². The van der Waals surface area contributed by atoms with Crippen LogP contribution in [0.2, 0.25) is 0 Å². The summed E-state index contributed by atoms with van der Waals surface area (Å²) in [5.41, 5.74) is 13.0. The summed E-state index contributed by atoms with van der Waals surface area (Å²) < 4.78 is 22.9. The Kier molecular flexibility index (Phi) is 16.4. The number of benzene rings is 2. The normalized spacial score (nSPS) is 17.7. The molecule has 0 aliphatic carbocycles. The highest BCUT2D eigenvalue weighted by atomic mass is 32.1. The maximum atomic E-state index is 14.1. The number of thiazole rings is 1. The lowest BCUT2D eigenvalue weighted by Crippen LogP contribution is -2.48. The predicted octanol–water partition coefficient (Wildman–Crippen LogP) is 5.44. The van der Waals surface area contributed by atoms with Crippen LogP contribution in [0.15, 0.2) is 70.7 Å². The number of para-hydroxylation sites is 1. The Hall–Kier alpha value is -5.66. The monoisotopic (exact) mass is 911 g/mol. The number of aryl methyl sites for hydroxylation is 1. The van der Waals surface area contributed by atoms with Gasteiger partial charge in [0.05, 0.1) is 59.4 Å². The first kappa shape index (κ1) is 47.3. The van der Waals surface area contributed by atoms with Gasteiger partial charge in [-0.05, 0) is 73.6 Å². The molecule has 0 saturated carbocycles. The molecule has 2 aliphatic rings. The average Bonchev–Trinajstić information content (AvgIpc) is 4.06. The number of nitrogen functional groups attached to an aromatic ring is 1. The maximum Gasteiger partial charge on any atom is 0.254 e. The number of nitrogens with two attached hydrogens (primary N) is 1. The predicted molar refractivity (Wildman–Crippen MR) is 248 cm³/mol. The number of hydrogen-bond donors (Lipinski definition) is 4. The van der Waals surface area contributed by atoms with Gasteiger partial charge < -0.3 is 49.8 Å². The molecule has 0 bridgehead atoms. The Bertz CT molecular complexity index is 2320. The molecule has 0 unspecified atom stereocenters. The number of aliphatic hydroxyl groups is 1. The Morgan fingerprint density at radius 1 is 0.954 bits per heavy atom. The molecule has 2 aliphatic heterocycles. The lowest BCUT2D eigenvalue weighted by atomic mass is 9.91. The standard InChI is InChI=1S/C47H61N9O8S/c1-30(2)43(47(60)56-28-35(57)25-39(56)46(59)50-31(3)33-11-13-34(14-12-33)44-32(4)49-29-65-44)41-27-42(53-64-41)63-24-23-62-22-21-61-20-8-7-15-54-16-18-55(19-17-54)38-26-37(51-52-45(38)48)36-9-5-6-10-40(36)58/h5-6,9-14,26-27,29-31,35,39,43,57-58H,7-8,15-25,28H2,1-4H3,(H2,48,52)(H,50,59)/t31-,35+,39-,43-/m0/s1. The van der Waals surface area contributed by atoms with Gasteiger partial charge in [-0.15, -0.1) is 21.5 Å². The van der Waals surface area contributed by atoms with Gasteiger partial charge in [0.25, 0.3) is 5.88 Å². The fraction of sp³-hybridized carbons (Fsp3) is 0.489. The SMILES string of the molecule is Cc1ncsc1-c1ccc([C@H](C)NC(=O)[C@@H]2C[C@@H](O)CN2C(=O)[C@H](c2cc(OCCOCCOCCCCN3CCN(c4cc(-c5ccccc5O)nnc4N)CC3)no2)C(C)C)cc1. The molecule has 348 valence electrons. The van der Waals surface area contributed by atoms with Crippen molar-refractivity contribution in [2.45, 2.75) is 71.1 Å². The van der Waals surface area contributed by atoms with E-state index < -0.39 is 18.1 Å². The molecule has 4 atom stereocenters. The van der Waals surface area contributed by atoms with E-state index in [4.69, 9.17) is 24.5 Å². The molecule has 2 aromatic carbocycles. The number of hydrogen-bond acceptors (Lipinski definition) is 16. The molecule has 0 spiro atoms. The Morgan fingerprint density at radius 3 is 2.42 bits per heavy atom. The summed E-state index contributed by atoms with van der Waals surface area (Å²) >= 11 is 1.59. The lowest BCUT2D eigenvalue weighted by Gasteiger charge is -2.36. The van der Waals surface area contributed by atoms with Crippen molar-refractivity contribution in [2.24, 2.45) is 5.92 Å². The second-order valence-electron chi connectivity index (χ2n) is 16.9. The number of likely N-dealkylation sites (tertiary alicyclic amines) is 1. The van der Waals surface area contributed by atoms with Gasteiger partial charge in [0.1, 0.15) is 24.3 Å². The molecular weight excluding hydrogens is 851 g/mol. The van der Waals surface area contributed by atoms with Crippen LogP contribution in [0.25, 0.3) is 21.7 Å². The molecule has 17 nitrogen and oxygen atoms in total. The number of phenolic OH excluding ortho intramolecular Hbond substituents is 1. The van der Waals surface area contributed by atoms with Gasteiger partial charge in [-0.3, -0.25) is 14.5 Å². The molecule has 65 heavy (non-hydrogen) atoms. The number of unbranched alkanes of at least 4 members (excludes halogenated alkanes) is 1. The van der Waals surface area contributed by atoms with Crippen LogP contribution in [0.3, 0.4) is 0 Å². The van der Waals surface area contributed by atoms with Crippen LogP contribution in [0.4, 0.5) is 11.5 Å². The zero-order valence-electron chi connectivity index (χ0n) is 37.6. The fourth-order valence-electron chi connectivity index (χ4n) is 8.35. The number of aromatic nitrogens is 4. The minimum atomic E-state index is -0.834. The van der Waals surface area contributed by atoms with Crippen LogP contribution in [-0.2, 0) is 19.1 Å². The Labute approximate surface area is 383 Å². The van der Waals surface area contributed by atoms with E-state index in [2.05, 4.69) is 35.5 Å². The largest absolute Gasteiger partial charge is 0.507 e. The fourth-order valence-corrected chi connectivity index (χ4v) is 9.16. The third kappa shape index (κ3) is 12.2. The van der Waals surface area contributed by atoms with Gasteiger partial charge in [-0.2, -0.15) is 0 Å². The molecule has 18 heteroatoms. The van der Waals surface area contributed by atoms with Gasteiger partial charge in [-0.1, -0.05) is 50.2 Å². The molecular formula is C47H61N9O8S. The van der Waals surface area contributed by atoms with E-state index in [9.17, 15) is 19.8 Å². The van der Waals surface area contributed by atoms with Crippen molar-refractivity contribution in [3.8, 4) is 33.3 Å². The van der Waals surface area contributed by atoms with E-state index in [1.54, 1.807) is 29.5 Å². The second-order valence-corrected chi connectivity index (χ2v) is 17.8. The number of nitrogens with zero attached hydrogens (tertiary/aromatic N) is 7. The summed E-state index contributed by atoms with van der Waals surface area (Å²) in [6, 6.07) is 17.4. The number of β-amino-alcohol motifs (C(OH)–C–C–N with tert-alkyl or cyclic N) is 1. The van der Waals surface area contributed by atoms with Crippen molar-refractivity contribution in [1.29, 1.82) is 0 Å². The van der Waals surface area contributed by atoms with Gasteiger partial charge >= 0.3 is 0 Å². The molecule has 5 aromatic rings. The Balaban J connectivity index is 0.767. The van der Waals surface area contributed by atoms with Crippen LogP contribution in [0.1, 0.15) is 69.0 Å². The summed E-state index contributed by atoms with van der Waals surface area (Å²) in [7, 11) is 0. The van der Waals surface area contributed by atoms with Crippen LogP contribution in [-0.4, -0.2) is 137 Å². The van der Waals surface area contributed by atoms with Gasteiger partial charge in [-0.25, -0.2) is 4.98 Å². The quantitative estimate of drug-likeness (QED) is 0.0675. The van der Waals surface area contributed by atoms with Gasteiger partial charge in [0.2, 0.25) is 11.8 Å². The first-order chi connectivity index (χ1) is 31.5. The zero-order chi connectivity index (χ0) is 45.9. The molecule has 2 saturated heterocycles. The smallest absolute Gasteiger partial charge is 0.254 e. The third-order valence-electron chi connectivity index (χ3n) is 11.9. The number of aliphatic hydroxyl groups excluding tert-OH is 1. The second kappa shape index (κ2) is 22.5. The number of rotatable bonds is 21. The van der Waals surface area contributed by atoms with Crippen molar-refractivity contribution >= 4 is 34.7 Å². The molecule has 5 heterocycles. The van der Waals surface area contributed by atoms with Crippen molar-refractivity contribution in [3.05, 3.63) is 83.2 Å². The number of ether oxygens (including phenoxy) is 3. The van der Waals surface area contributed by atoms with E-state index in [1.807, 2.05) is 75.7 Å². The number of amides is 2. The van der Waals surface area contributed by atoms with Gasteiger partial charge in [0.15, 0.2) is 11.6 Å². The minimum Gasteiger partial charge on any atom is -0.507 e.